The van der Waals surface area contributed by atoms with Crippen LogP contribution in [-0.4, -0.2) is 11.5 Å². The number of nitro groups is 1. The molecule has 1 aromatic rings. The molecule has 16 heavy (non-hydrogen) atoms. The van der Waals surface area contributed by atoms with Crippen LogP contribution in [0.1, 0.15) is 6.92 Å². The number of hydrogen-bond acceptors (Lipinski definition) is 3. The monoisotopic (exact) mass is 244 g/mol. The van der Waals surface area contributed by atoms with Crippen molar-refractivity contribution >= 4 is 23.0 Å². The summed E-state index contributed by atoms with van der Waals surface area (Å²) in [7, 11) is 0. The minimum Gasteiger partial charge on any atom is -0.376 e. The molecule has 86 valence electrons. The summed E-state index contributed by atoms with van der Waals surface area (Å²) in [5.41, 5.74) is 0.618. The molecular weight excluding hydrogens is 235 g/mol. The Hall–Kier alpha value is -1.62. The molecule has 0 aliphatic carbocycles. The number of nitrogens with one attached hydrogen (secondary N) is 1. The van der Waals surface area contributed by atoms with E-state index in [4.69, 9.17) is 11.6 Å². The van der Waals surface area contributed by atoms with Crippen LogP contribution in [0.25, 0.3) is 0 Å². The molecule has 4 nitrogen and oxygen atoms in total. The molecule has 0 radical (unpaired) electrons. The minimum absolute atomic E-state index is 0.0925. The Labute approximate surface area is 96.9 Å². The van der Waals surface area contributed by atoms with Crippen LogP contribution >= 0.6 is 11.6 Å². The molecule has 0 saturated carbocycles. The minimum atomic E-state index is -0.698. The van der Waals surface area contributed by atoms with Crippen molar-refractivity contribution in [3.8, 4) is 0 Å². The molecule has 0 atom stereocenters. The third-order valence-corrected chi connectivity index (χ3v) is 2.11. The second kappa shape index (κ2) is 4.94. The zero-order valence-electron chi connectivity index (χ0n) is 8.59. The molecule has 0 unspecified atom stereocenters. The van der Waals surface area contributed by atoms with Gasteiger partial charge in [0, 0.05) is 18.7 Å². The highest BCUT2D eigenvalue weighted by Crippen LogP contribution is 2.30. The van der Waals surface area contributed by atoms with E-state index in [1.54, 1.807) is 6.92 Å². The van der Waals surface area contributed by atoms with Crippen LogP contribution in [0, 0.1) is 15.9 Å². The molecule has 0 bridgehead atoms. The highest BCUT2D eigenvalue weighted by atomic mass is 35.5. The lowest BCUT2D eigenvalue weighted by molar-refractivity contribution is -0.384. The number of nitro benzene ring substituents is 1. The van der Waals surface area contributed by atoms with Crippen LogP contribution in [-0.2, 0) is 0 Å². The van der Waals surface area contributed by atoms with Crippen molar-refractivity contribution < 1.29 is 9.31 Å². The third kappa shape index (κ3) is 2.93. The van der Waals surface area contributed by atoms with E-state index in [2.05, 4.69) is 11.9 Å². The fraction of sp³-hybridized carbons (Fsp3) is 0.200. The Morgan fingerprint density at radius 1 is 1.69 bits per heavy atom. The van der Waals surface area contributed by atoms with Gasteiger partial charge in [-0.1, -0.05) is 23.8 Å². The lowest BCUT2D eigenvalue weighted by Gasteiger charge is -2.07. The van der Waals surface area contributed by atoms with Gasteiger partial charge in [-0.3, -0.25) is 10.1 Å². The molecule has 0 heterocycles. The fourth-order valence-electron chi connectivity index (χ4n) is 1.08. The first-order valence-corrected chi connectivity index (χ1v) is 4.81. The smallest absolute Gasteiger partial charge is 0.294 e. The number of halogens is 2. The number of hydrogen-bond donors (Lipinski definition) is 1. The van der Waals surface area contributed by atoms with E-state index in [0.29, 0.717) is 6.54 Å². The average Bonchev–Trinajstić information content (AvgIpc) is 2.18. The molecule has 6 heteroatoms. The van der Waals surface area contributed by atoms with Gasteiger partial charge in [-0.2, -0.15) is 0 Å². The predicted molar refractivity (Wildman–Crippen MR) is 61.4 cm³/mol. The van der Waals surface area contributed by atoms with Crippen molar-refractivity contribution in [2.24, 2.45) is 0 Å². The normalized spacial score (nSPS) is 9.94. The van der Waals surface area contributed by atoms with Gasteiger partial charge in [0.25, 0.3) is 5.69 Å². The Morgan fingerprint density at radius 3 is 2.81 bits per heavy atom. The Balaban J connectivity index is 3.09. The van der Waals surface area contributed by atoms with E-state index in [-0.39, 0.29) is 16.4 Å². The summed E-state index contributed by atoms with van der Waals surface area (Å²) in [6, 6.07) is 1.99. The van der Waals surface area contributed by atoms with E-state index in [1.165, 1.54) is 0 Å². The summed E-state index contributed by atoms with van der Waals surface area (Å²) in [5, 5.41) is 13.1. The van der Waals surface area contributed by atoms with Gasteiger partial charge in [0.15, 0.2) is 0 Å². The van der Waals surface area contributed by atoms with Gasteiger partial charge in [0.2, 0.25) is 0 Å². The first-order valence-electron chi connectivity index (χ1n) is 4.43. The molecule has 1 rings (SSSR count). The zero-order chi connectivity index (χ0) is 12.3. The number of nitrogens with zero attached hydrogens (tertiary/aromatic N) is 1. The van der Waals surface area contributed by atoms with E-state index >= 15 is 0 Å². The molecule has 0 amide bonds. The highest BCUT2D eigenvalue weighted by molar-refractivity contribution is 6.31. The van der Waals surface area contributed by atoms with Gasteiger partial charge in [0.1, 0.15) is 11.5 Å². The summed E-state index contributed by atoms with van der Waals surface area (Å²) in [6.07, 6.45) is 0. The SMILES string of the molecule is C=C(C)CNc1cc(F)c(Cl)cc1[N+](=O)[O-]. The molecule has 0 fully saturated rings. The van der Waals surface area contributed by atoms with Crippen LogP contribution in [0.15, 0.2) is 24.3 Å². The van der Waals surface area contributed by atoms with Crippen LogP contribution in [0.5, 0.6) is 0 Å². The van der Waals surface area contributed by atoms with Gasteiger partial charge < -0.3 is 5.32 Å². The van der Waals surface area contributed by atoms with Crippen molar-refractivity contribution in [2.45, 2.75) is 6.92 Å². The molecule has 0 aliphatic rings. The Bertz CT molecular complexity index is 449. The van der Waals surface area contributed by atoms with Crippen molar-refractivity contribution in [3.05, 3.63) is 45.2 Å². The van der Waals surface area contributed by atoms with Gasteiger partial charge in [-0.05, 0) is 6.92 Å². The van der Waals surface area contributed by atoms with Gasteiger partial charge in [-0.25, -0.2) is 4.39 Å². The maximum atomic E-state index is 13.1. The molecule has 0 saturated heterocycles. The van der Waals surface area contributed by atoms with Crippen LogP contribution in [0.4, 0.5) is 15.8 Å². The topological polar surface area (TPSA) is 55.2 Å². The summed E-state index contributed by atoms with van der Waals surface area (Å²) in [4.78, 5) is 10.1. The lowest BCUT2D eigenvalue weighted by Crippen LogP contribution is -2.05. The number of benzene rings is 1. The largest absolute Gasteiger partial charge is 0.376 e. The van der Waals surface area contributed by atoms with E-state index < -0.39 is 10.7 Å². The molecule has 1 N–H and O–H groups in total. The summed E-state index contributed by atoms with van der Waals surface area (Å²) in [6.45, 7) is 5.72. The molecule has 0 aromatic heterocycles. The van der Waals surface area contributed by atoms with Crippen molar-refractivity contribution in [1.29, 1.82) is 0 Å². The first-order chi connectivity index (χ1) is 7.41. The lowest BCUT2D eigenvalue weighted by atomic mass is 10.2. The maximum absolute atomic E-state index is 13.1. The van der Waals surface area contributed by atoms with Crippen LogP contribution in [0.2, 0.25) is 5.02 Å². The summed E-state index contributed by atoms with van der Waals surface area (Å²) >= 11 is 5.47. The quantitative estimate of drug-likeness (QED) is 0.502. The molecular formula is C10H10ClFN2O2. The van der Waals surface area contributed by atoms with E-state index in [9.17, 15) is 14.5 Å². The van der Waals surface area contributed by atoms with Crippen molar-refractivity contribution in [1.82, 2.24) is 0 Å². The number of anilines is 1. The predicted octanol–water partition coefficient (Wildman–Crippen LogP) is 3.38. The third-order valence-electron chi connectivity index (χ3n) is 1.82. The fourth-order valence-corrected chi connectivity index (χ4v) is 1.23. The Kier molecular flexibility index (Phi) is 3.84. The van der Waals surface area contributed by atoms with E-state index in [1.807, 2.05) is 0 Å². The summed E-state index contributed by atoms with van der Waals surface area (Å²) < 4.78 is 13.1. The summed E-state index contributed by atoms with van der Waals surface area (Å²) in [5.74, 6) is -0.698. The van der Waals surface area contributed by atoms with Crippen molar-refractivity contribution in [3.63, 3.8) is 0 Å². The van der Waals surface area contributed by atoms with Crippen molar-refractivity contribution in [2.75, 3.05) is 11.9 Å². The molecule has 1 aromatic carbocycles. The van der Waals surface area contributed by atoms with Crippen LogP contribution < -0.4 is 5.32 Å². The Morgan fingerprint density at radius 2 is 2.31 bits per heavy atom. The van der Waals surface area contributed by atoms with E-state index in [0.717, 1.165) is 17.7 Å². The van der Waals surface area contributed by atoms with Crippen LogP contribution in [0.3, 0.4) is 0 Å². The molecule has 0 aliphatic heterocycles. The van der Waals surface area contributed by atoms with Gasteiger partial charge in [0.05, 0.1) is 9.95 Å². The van der Waals surface area contributed by atoms with Gasteiger partial charge >= 0.3 is 0 Å². The second-order valence-corrected chi connectivity index (χ2v) is 3.76. The zero-order valence-corrected chi connectivity index (χ0v) is 9.34. The average molecular weight is 245 g/mol. The maximum Gasteiger partial charge on any atom is 0.294 e. The standard InChI is InChI=1S/C10H10ClFN2O2/c1-6(2)5-13-9-4-8(12)7(11)3-10(9)14(15)16/h3-4,13H,1,5H2,2H3. The first kappa shape index (κ1) is 12.4. The highest BCUT2D eigenvalue weighted by Gasteiger charge is 2.17. The number of rotatable bonds is 4. The molecule has 0 spiro atoms. The van der Waals surface area contributed by atoms with Gasteiger partial charge in [-0.15, -0.1) is 0 Å². The second-order valence-electron chi connectivity index (χ2n) is 3.35.